The highest BCUT2D eigenvalue weighted by Crippen LogP contribution is 2.16. The molecule has 0 aliphatic carbocycles. The van der Waals surface area contributed by atoms with Crippen molar-refractivity contribution in [3.8, 4) is 0 Å². The third kappa shape index (κ3) is 3.17. The topological polar surface area (TPSA) is 56.3 Å². The van der Waals surface area contributed by atoms with Crippen molar-refractivity contribution >= 4 is 29.9 Å². The van der Waals surface area contributed by atoms with Crippen LogP contribution in [0.25, 0.3) is 6.08 Å². The highest BCUT2D eigenvalue weighted by Gasteiger charge is 2.08. The van der Waals surface area contributed by atoms with Crippen molar-refractivity contribution in [1.82, 2.24) is 4.98 Å². The fourth-order valence-corrected chi connectivity index (χ4v) is 1.23. The summed E-state index contributed by atoms with van der Waals surface area (Å²) in [6.07, 6.45) is 5.67. The lowest BCUT2D eigenvalue weighted by atomic mass is 10.2. The van der Waals surface area contributed by atoms with Gasteiger partial charge in [-0.05, 0) is 6.07 Å². The molecule has 0 amide bonds. The molecule has 1 rings (SSSR count). The van der Waals surface area contributed by atoms with Crippen molar-refractivity contribution in [2.45, 2.75) is 6.42 Å². The van der Waals surface area contributed by atoms with E-state index in [1.165, 1.54) is 13.3 Å². The molecule has 84 valence electrons. The SMILES string of the molecule is COC(=O)c1cnc(Cl)c(C=CCC=O)c1. The normalized spacial score (nSPS) is 10.4. The Balaban J connectivity index is 2.99. The molecule has 0 fully saturated rings. The Morgan fingerprint density at radius 1 is 1.62 bits per heavy atom. The lowest BCUT2D eigenvalue weighted by Crippen LogP contribution is -2.02. The summed E-state index contributed by atoms with van der Waals surface area (Å²) in [5, 5.41) is 0.273. The fourth-order valence-electron chi connectivity index (χ4n) is 1.06. The zero-order valence-electron chi connectivity index (χ0n) is 8.64. The highest BCUT2D eigenvalue weighted by molar-refractivity contribution is 6.30. The molecule has 0 aliphatic rings. The molecule has 0 radical (unpaired) electrons. The van der Waals surface area contributed by atoms with Crippen LogP contribution in [-0.4, -0.2) is 24.3 Å². The molecule has 0 atom stereocenters. The van der Waals surface area contributed by atoms with Crippen LogP contribution in [0, 0.1) is 0 Å². The van der Waals surface area contributed by atoms with Gasteiger partial charge in [-0.25, -0.2) is 9.78 Å². The average Bonchev–Trinajstić information content (AvgIpc) is 2.31. The predicted octanol–water partition coefficient (Wildman–Crippen LogP) is 2.12. The number of hydrogen-bond acceptors (Lipinski definition) is 4. The van der Waals surface area contributed by atoms with E-state index in [9.17, 15) is 9.59 Å². The van der Waals surface area contributed by atoms with E-state index in [4.69, 9.17) is 11.6 Å². The molecule has 16 heavy (non-hydrogen) atoms. The van der Waals surface area contributed by atoms with Gasteiger partial charge in [-0.3, -0.25) is 0 Å². The minimum absolute atomic E-state index is 0.273. The van der Waals surface area contributed by atoms with Crippen LogP contribution in [0.5, 0.6) is 0 Å². The number of esters is 1. The van der Waals surface area contributed by atoms with Gasteiger partial charge >= 0.3 is 5.97 Å². The Morgan fingerprint density at radius 2 is 2.38 bits per heavy atom. The molecule has 1 aromatic heterocycles. The van der Waals surface area contributed by atoms with Gasteiger partial charge in [-0.1, -0.05) is 23.8 Å². The number of allylic oxidation sites excluding steroid dienone is 1. The van der Waals surface area contributed by atoms with Crippen molar-refractivity contribution in [3.05, 3.63) is 34.6 Å². The lowest BCUT2D eigenvalue weighted by molar-refractivity contribution is -0.107. The van der Waals surface area contributed by atoms with Crippen LogP contribution in [0.2, 0.25) is 5.15 Å². The number of halogens is 1. The van der Waals surface area contributed by atoms with E-state index >= 15 is 0 Å². The van der Waals surface area contributed by atoms with Crippen LogP contribution in [0.4, 0.5) is 0 Å². The van der Waals surface area contributed by atoms with E-state index in [0.717, 1.165) is 6.29 Å². The fraction of sp³-hybridized carbons (Fsp3) is 0.182. The first kappa shape index (κ1) is 12.4. The molecule has 1 aromatic rings. The van der Waals surface area contributed by atoms with Gasteiger partial charge in [0.25, 0.3) is 0 Å². The number of aldehydes is 1. The molecular formula is C11H10ClNO3. The maximum absolute atomic E-state index is 11.2. The molecule has 0 N–H and O–H groups in total. The molecule has 0 unspecified atom stereocenters. The van der Waals surface area contributed by atoms with E-state index in [0.29, 0.717) is 17.5 Å². The molecule has 4 nitrogen and oxygen atoms in total. The number of methoxy groups -OCH3 is 1. The number of carbonyl (C=O) groups excluding carboxylic acids is 2. The van der Waals surface area contributed by atoms with Crippen molar-refractivity contribution in [1.29, 1.82) is 0 Å². The Bertz CT molecular complexity index is 429. The van der Waals surface area contributed by atoms with Gasteiger partial charge in [0, 0.05) is 18.2 Å². The summed E-state index contributed by atoms with van der Waals surface area (Å²) in [5.41, 5.74) is 0.893. The van der Waals surface area contributed by atoms with Crippen LogP contribution < -0.4 is 0 Å². The second kappa shape index (κ2) is 6.02. The Hall–Kier alpha value is -1.68. The van der Waals surface area contributed by atoms with E-state index in [1.807, 2.05) is 0 Å². The molecule has 0 saturated heterocycles. The van der Waals surface area contributed by atoms with Crippen LogP contribution in [0.15, 0.2) is 18.3 Å². The van der Waals surface area contributed by atoms with Gasteiger partial charge in [-0.15, -0.1) is 0 Å². The summed E-state index contributed by atoms with van der Waals surface area (Å²) in [7, 11) is 1.29. The number of pyridine rings is 1. The second-order valence-electron chi connectivity index (χ2n) is 2.90. The molecule has 0 saturated carbocycles. The molecule has 0 aliphatic heterocycles. The first-order valence-electron chi connectivity index (χ1n) is 4.53. The minimum Gasteiger partial charge on any atom is -0.465 e. The summed E-state index contributed by atoms with van der Waals surface area (Å²) in [6, 6.07) is 1.56. The number of nitrogens with zero attached hydrogens (tertiary/aromatic N) is 1. The van der Waals surface area contributed by atoms with E-state index in [-0.39, 0.29) is 5.15 Å². The third-order valence-corrected chi connectivity index (χ3v) is 2.13. The number of ether oxygens (including phenoxy) is 1. The number of carbonyl (C=O) groups is 2. The van der Waals surface area contributed by atoms with E-state index in [1.54, 1.807) is 18.2 Å². The first-order valence-corrected chi connectivity index (χ1v) is 4.91. The largest absolute Gasteiger partial charge is 0.465 e. The second-order valence-corrected chi connectivity index (χ2v) is 3.26. The standard InChI is InChI=1S/C11H10ClNO3/c1-16-11(15)9-6-8(4-2-3-5-14)10(12)13-7-9/h2,4-7H,3H2,1H3. The third-order valence-electron chi connectivity index (χ3n) is 1.82. The lowest BCUT2D eigenvalue weighted by Gasteiger charge is -2.01. The summed E-state index contributed by atoms with van der Waals surface area (Å²) in [5.74, 6) is -0.478. The summed E-state index contributed by atoms with van der Waals surface area (Å²) < 4.78 is 4.55. The molecule has 0 bridgehead atoms. The average molecular weight is 240 g/mol. The minimum atomic E-state index is -0.478. The summed E-state index contributed by atoms with van der Waals surface area (Å²) >= 11 is 5.82. The van der Waals surface area contributed by atoms with E-state index < -0.39 is 5.97 Å². The number of hydrogen-bond donors (Lipinski definition) is 0. The quantitative estimate of drug-likeness (QED) is 0.459. The summed E-state index contributed by atoms with van der Waals surface area (Å²) in [4.78, 5) is 25.2. The van der Waals surface area contributed by atoms with Gasteiger partial charge in [-0.2, -0.15) is 0 Å². The van der Waals surface area contributed by atoms with Gasteiger partial charge in [0.15, 0.2) is 0 Å². The predicted molar refractivity (Wildman–Crippen MR) is 60.3 cm³/mol. The van der Waals surface area contributed by atoms with Crippen molar-refractivity contribution < 1.29 is 14.3 Å². The molecule has 0 spiro atoms. The Kier molecular flexibility index (Phi) is 4.66. The van der Waals surface area contributed by atoms with Crippen LogP contribution in [0.3, 0.4) is 0 Å². The zero-order chi connectivity index (χ0) is 12.0. The van der Waals surface area contributed by atoms with Crippen molar-refractivity contribution in [2.24, 2.45) is 0 Å². The maximum atomic E-state index is 11.2. The highest BCUT2D eigenvalue weighted by atomic mass is 35.5. The molecular weight excluding hydrogens is 230 g/mol. The van der Waals surface area contributed by atoms with Crippen LogP contribution in [0.1, 0.15) is 22.3 Å². The number of aromatic nitrogens is 1. The van der Waals surface area contributed by atoms with E-state index in [2.05, 4.69) is 9.72 Å². The van der Waals surface area contributed by atoms with Crippen LogP contribution in [-0.2, 0) is 9.53 Å². The summed E-state index contributed by atoms with van der Waals surface area (Å²) in [6.45, 7) is 0. The van der Waals surface area contributed by atoms with Gasteiger partial charge in [0.2, 0.25) is 0 Å². The Labute approximate surface area is 97.9 Å². The van der Waals surface area contributed by atoms with Gasteiger partial charge < -0.3 is 9.53 Å². The molecule has 1 heterocycles. The van der Waals surface area contributed by atoms with Gasteiger partial charge in [0.05, 0.1) is 12.7 Å². The maximum Gasteiger partial charge on any atom is 0.339 e. The monoisotopic (exact) mass is 239 g/mol. The molecule has 5 heteroatoms. The van der Waals surface area contributed by atoms with Crippen molar-refractivity contribution in [2.75, 3.05) is 7.11 Å². The zero-order valence-corrected chi connectivity index (χ0v) is 9.40. The Morgan fingerprint density at radius 3 is 3.00 bits per heavy atom. The first-order chi connectivity index (χ1) is 7.69. The molecule has 0 aromatic carbocycles. The van der Waals surface area contributed by atoms with Crippen molar-refractivity contribution in [3.63, 3.8) is 0 Å². The van der Waals surface area contributed by atoms with Crippen LogP contribution >= 0.6 is 11.6 Å². The smallest absolute Gasteiger partial charge is 0.339 e. The number of rotatable bonds is 4. The van der Waals surface area contributed by atoms with Gasteiger partial charge in [0.1, 0.15) is 11.4 Å².